The second-order valence-corrected chi connectivity index (χ2v) is 7.35. The second-order valence-electron chi connectivity index (χ2n) is 5.19. The van der Waals surface area contributed by atoms with Crippen LogP contribution >= 0.6 is 0 Å². The summed E-state index contributed by atoms with van der Waals surface area (Å²) in [6, 6.07) is 18.8. The number of aromatic nitrogens is 1. The van der Waals surface area contributed by atoms with Crippen LogP contribution in [0, 0.1) is 12.3 Å². The van der Waals surface area contributed by atoms with Gasteiger partial charge in [0.15, 0.2) is 0 Å². The number of anilines is 1. The van der Waals surface area contributed by atoms with E-state index in [-0.39, 0.29) is 31.5 Å². The Morgan fingerprint density at radius 3 is 2.50 bits per heavy atom. The van der Waals surface area contributed by atoms with Gasteiger partial charge in [-0.05, 0) is 0 Å². The Kier molecular flexibility index (Phi) is 6.45. The first kappa shape index (κ1) is 18.5. The van der Waals surface area contributed by atoms with Crippen molar-refractivity contribution >= 4 is 35.7 Å². The number of nitrogens with zero attached hydrogens (tertiary/aromatic N) is 2. The van der Waals surface area contributed by atoms with Gasteiger partial charge in [0.2, 0.25) is 0 Å². The van der Waals surface area contributed by atoms with Gasteiger partial charge < -0.3 is 17.0 Å². The zero-order chi connectivity index (χ0) is 16.2. The molecule has 2 nitrogen and oxygen atoms in total. The molecule has 0 saturated heterocycles. The normalized spacial score (nSPS) is 10.0. The average molecular weight is 446 g/mol. The molecule has 0 unspecified atom stereocenters. The van der Waals surface area contributed by atoms with Gasteiger partial charge in [-0.1, -0.05) is 0 Å². The molecule has 4 heteroatoms. The van der Waals surface area contributed by atoms with Gasteiger partial charge in [0.05, 0.1) is 0 Å². The van der Waals surface area contributed by atoms with Gasteiger partial charge in [0.25, 0.3) is 0 Å². The molecule has 0 radical (unpaired) electrons. The number of hydrogen-bond donors (Lipinski definition) is 0. The summed E-state index contributed by atoms with van der Waals surface area (Å²) in [6.07, 6.45) is 5.60. The van der Waals surface area contributed by atoms with Crippen molar-refractivity contribution in [3.63, 3.8) is 0 Å². The van der Waals surface area contributed by atoms with E-state index in [4.69, 9.17) is 6.42 Å². The molecule has 0 aliphatic heterocycles. The zero-order valence-corrected chi connectivity index (χ0v) is 16.9. The fourth-order valence-electron chi connectivity index (χ4n) is 2.72. The molecule has 0 amide bonds. The molecule has 1 aromatic heterocycles. The van der Waals surface area contributed by atoms with E-state index in [1.165, 1.54) is 14.3 Å². The van der Waals surface area contributed by atoms with Crippen LogP contribution < -0.4 is 26.4 Å². The maximum atomic E-state index is 5.60. The van der Waals surface area contributed by atoms with Gasteiger partial charge >= 0.3 is 143 Å². The molecule has 2 aromatic carbocycles. The van der Waals surface area contributed by atoms with E-state index in [1.54, 1.807) is 0 Å². The van der Waals surface area contributed by atoms with Crippen LogP contribution in [0.5, 0.6) is 0 Å². The minimum absolute atomic E-state index is 0. The van der Waals surface area contributed by atoms with Crippen LogP contribution in [0.25, 0.3) is 15.5 Å². The van der Waals surface area contributed by atoms with Gasteiger partial charge in [-0.25, -0.2) is 0 Å². The minimum Gasteiger partial charge on any atom is -1.00 e. The summed E-state index contributed by atoms with van der Waals surface area (Å²) < 4.78 is 5.07. The standard InChI is InChI=1S/C20H19N2Se.BrH/c1-4-15-22(17-11-7-6-8-12-17)16(3)20-21(5-2)18-13-9-10-14-19(18)23-20;/h1,6-14H,3,5,15H2,2H3;1H/q+1;/p-1. The fourth-order valence-corrected chi connectivity index (χ4v) is 5.25. The monoisotopic (exact) mass is 446 g/mol. The number of hydrogen-bond acceptors (Lipinski definition) is 1. The smallest absolute Gasteiger partial charge is 1.00 e. The Bertz CT molecular complexity index is 878. The fraction of sp³-hybridized carbons (Fsp3) is 0.150. The van der Waals surface area contributed by atoms with Crippen molar-refractivity contribution in [2.24, 2.45) is 0 Å². The third-order valence-corrected chi connectivity index (χ3v) is 6.36. The molecular formula is C20H19BrN2Se. The number of rotatable bonds is 5. The molecular weight excluding hydrogens is 427 g/mol. The largest absolute Gasteiger partial charge is 1.00 e. The SMILES string of the molecule is C#CCN(C(=C)c1[se]c2ccccc2[n+]1CC)c1ccccc1.[Br-]. The van der Waals surface area contributed by atoms with Crippen molar-refractivity contribution in [1.82, 2.24) is 0 Å². The van der Waals surface area contributed by atoms with E-state index in [1.807, 2.05) is 18.2 Å². The van der Waals surface area contributed by atoms with Gasteiger partial charge in [0, 0.05) is 0 Å². The van der Waals surface area contributed by atoms with Crippen molar-refractivity contribution in [2.75, 3.05) is 11.4 Å². The Hall–Kier alpha value is -1.79. The first-order valence-electron chi connectivity index (χ1n) is 7.63. The third kappa shape index (κ3) is 3.49. The first-order valence-corrected chi connectivity index (χ1v) is 9.34. The number of aryl methyl sites for hydroxylation is 1. The molecule has 0 spiro atoms. The summed E-state index contributed by atoms with van der Waals surface area (Å²) in [5.74, 6) is 2.76. The topological polar surface area (TPSA) is 7.12 Å². The predicted octanol–water partition coefficient (Wildman–Crippen LogP) is 0.319. The number of benzene rings is 2. The molecule has 24 heavy (non-hydrogen) atoms. The number of terminal acetylenes is 1. The molecule has 0 saturated carbocycles. The first-order chi connectivity index (χ1) is 11.3. The van der Waals surface area contributed by atoms with E-state index < -0.39 is 0 Å². The van der Waals surface area contributed by atoms with Crippen molar-refractivity contribution in [1.29, 1.82) is 0 Å². The van der Waals surface area contributed by atoms with Gasteiger partial charge in [-0.15, -0.1) is 0 Å². The van der Waals surface area contributed by atoms with Gasteiger partial charge in [-0.3, -0.25) is 0 Å². The molecule has 0 aliphatic rings. The van der Waals surface area contributed by atoms with Crippen LogP contribution in [0.2, 0.25) is 0 Å². The van der Waals surface area contributed by atoms with Crippen LogP contribution in [-0.2, 0) is 6.54 Å². The zero-order valence-electron chi connectivity index (χ0n) is 13.6. The van der Waals surface area contributed by atoms with Crippen LogP contribution in [0.4, 0.5) is 5.69 Å². The summed E-state index contributed by atoms with van der Waals surface area (Å²) in [7, 11) is 0. The Balaban J connectivity index is 0.00000208. The minimum atomic E-state index is 0. The van der Waals surface area contributed by atoms with Crippen LogP contribution in [-0.4, -0.2) is 21.0 Å². The van der Waals surface area contributed by atoms with E-state index in [9.17, 15) is 0 Å². The summed E-state index contributed by atoms with van der Waals surface area (Å²) in [5, 5.41) is 0. The summed E-state index contributed by atoms with van der Waals surface area (Å²) in [5.41, 5.74) is 3.40. The third-order valence-electron chi connectivity index (χ3n) is 3.81. The van der Waals surface area contributed by atoms with Crippen molar-refractivity contribution in [3.8, 4) is 12.3 Å². The van der Waals surface area contributed by atoms with E-state index >= 15 is 0 Å². The van der Waals surface area contributed by atoms with E-state index in [0.717, 1.165) is 17.9 Å². The van der Waals surface area contributed by atoms with Crippen molar-refractivity contribution < 1.29 is 21.5 Å². The molecule has 0 atom stereocenters. The maximum Gasteiger partial charge on any atom is -1.00 e. The molecule has 0 fully saturated rings. The Morgan fingerprint density at radius 2 is 1.83 bits per heavy atom. The van der Waals surface area contributed by atoms with Crippen LogP contribution in [0.1, 0.15) is 11.5 Å². The molecule has 3 rings (SSSR count). The molecule has 1 heterocycles. The molecule has 0 N–H and O–H groups in total. The summed E-state index contributed by atoms with van der Waals surface area (Å²) in [6.45, 7) is 8.02. The molecule has 3 aromatic rings. The number of fused-ring (bicyclic) bond motifs is 1. The van der Waals surface area contributed by atoms with Crippen molar-refractivity contribution in [3.05, 3.63) is 65.7 Å². The second kappa shape index (κ2) is 8.35. The summed E-state index contributed by atoms with van der Waals surface area (Å²) in [4.78, 5) is 2.13. The number of para-hydroxylation sites is 2. The van der Waals surface area contributed by atoms with Crippen LogP contribution in [0.15, 0.2) is 61.2 Å². The predicted molar refractivity (Wildman–Crippen MR) is 98.4 cm³/mol. The van der Waals surface area contributed by atoms with E-state index in [2.05, 4.69) is 65.3 Å². The van der Waals surface area contributed by atoms with Crippen LogP contribution in [0.3, 0.4) is 0 Å². The van der Waals surface area contributed by atoms with Gasteiger partial charge in [0.1, 0.15) is 0 Å². The summed E-state index contributed by atoms with van der Waals surface area (Å²) >= 11 is 0.255. The maximum absolute atomic E-state index is 5.60. The van der Waals surface area contributed by atoms with Crippen molar-refractivity contribution in [2.45, 2.75) is 13.5 Å². The number of halogens is 1. The van der Waals surface area contributed by atoms with E-state index in [0.29, 0.717) is 6.54 Å². The molecule has 0 bridgehead atoms. The average Bonchev–Trinajstić information content (AvgIpc) is 2.98. The molecule has 0 aliphatic carbocycles. The molecule has 122 valence electrons. The van der Waals surface area contributed by atoms with Gasteiger partial charge in [-0.2, -0.15) is 0 Å². The Morgan fingerprint density at radius 1 is 1.17 bits per heavy atom. The Labute approximate surface area is 159 Å². The quantitative estimate of drug-likeness (QED) is 0.311.